The Morgan fingerprint density at radius 2 is 1.61 bits per heavy atom. The van der Waals surface area contributed by atoms with Gasteiger partial charge < -0.3 is 14.6 Å². The van der Waals surface area contributed by atoms with Gasteiger partial charge in [0.2, 0.25) is 0 Å². The smallest absolute Gasteiger partial charge is 0.266 e. The number of benzene rings is 3. The van der Waals surface area contributed by atoms with Crippen molar-refractivity contribution in [3.63, 3.8) is 0 Å². The molecular formula is C21H11ClNO5-. The Morgan fingerprint density at radius 3 is 2.29 bits per heavy atom. The fourth-order valence-corrected chi connectivity index (χ4v) is 3.14. The second kappa shape index (κ2) is 6.83. The van der Waals surface area contributed by atoms with Gasteiger partial charge in [-0.15, -0.1) is 0 Å². The molecule has 0 bridgehead atoms. The number of aromatic carboxylic acids is 1. The minimum Gasteiger partial charge on any atom is -0.545 e. The van der Waals surface area contributed by atoms with Crippen LogP contribution in [0.5, 0.6) is 11.5 Å². The van der Waals surface area contributed by atoms with Crippen molar-refractivity contribution >= 4 is 35.1 Å². The summed E-state index contributed by atoms with van der Waals surface area (Å²) in [5.41, 5.74) is 0.209. The van der Waals surface area contributed by atoms with Crippen molar-refractivity contribution < 1.29 is 24.2 Å². The SMILES string of the molecule is O=C([O-])c1ccc2c(c1)C(=O)N(c1ccc(Oc3ccccc3)c(Cl)c1)C2=O. The number of fused-ring (bicyclic) bond motifs is 1. The number of hydrogen-bond donors (Lipinski definition) is 0. The number of nitrogens with zero attached hydrogens (tertiary/aromatic N) is 1. The van der Waals surface area contributed by atoms with E-state index in [0.717, 1.165) is 11.0 Å². The first-order chi connectivity index (χ1) is 13.5. The third-order valence-electron chi connectivity index (χ3n) is 4.27. The lowest BCUT2D eigenvalue weighted by Gasteiger charge is -2.15. The normalized spacial score (nSPS) is 12.8. The van der Waals surface area contributed by atoms with Gasteiger partial charge in [0.25, 0.3) is 11.8 Å². The number of para-hydroxylation sites is 1. The zero-order valence-corrected chi connectivity index (χ0v) is 15.0. The van der Waals surface area contributed by atoms with E-state index in [4.69, 9.17) is 16.3 Å². The summed E-state index contributed by atoms with van der Waals surface area (Å²) in [5.74, 6) is -1.65. The molecule has 6 nitrogen and oxygen atoms in total. The summed E-state index contributed by atoms with van der Waals surface area (Å²) in [6.07, 6.45) is 0. The fourth-order valence-electron chi connectivity index (χ4n) is 2.93. The molecule has 0 radical (unpaired) electrons. The molecule has 7 heteroatoms. The number of hydrogen-bond acceptors (Lipinski definition) is 5. The van der Waals surface area contributed by atoms with Crippen LogP contribution in [-0.2, 0) is 0 Å². The van der Waals surface area contributed by atoms with Gasteiger partial charge >= 0.3 is 0 Å². The van der Waals surface area contributed by atoms with Gasteiger partial charge in [0, 0.05) is 0 Å². The van der Waals surface area contributed by atoms with Crippen LogP contribution in [0.25, 0.3) is 0 Å². The monoisotopic (exact) mass is 392 g/mol. The van der Waals surface area contributed by atoms with Crippen molar-refractivity contribution in [2.75, 3.05) is 4.90 Å². The quantitative estimate of drug-likeness (QED) is 0.636. The molecular weight excluding hydrogens is 382 g/mol. The van der Waals surface area contributed by atoms with Crippen LogP contribution in [-0.4, -0.2) is 17.8 Å². The maximum atomic E-state index is 12.7. The number of halogens is 1. The summed E-state index contributed by atoms with van der Waals surface area (Å²) in [6, 6.07) is 17.2. The van der Waals surface area contributed by atoms with Gasteiger partial charge in [0.05, 0.1) is 27.8 Å². The van der Waals surface area contributed by atoms with Crippen molar-refractivity contribution in [1.82, 2.24) is 0 Å². The van der Waals surface area contributed by atoms with Gasteiger partial charge in [-0.05, 0) is 48.0 Å². The summed E-state index contributed by atoms with van der Waals surface area (Å²) in [6.45, 7) is 0. The molecule has 2 amide bonds. The fraction of sp³-hybridized carbons (Fsp3) is 0. The van der Waals surface area contributed by atoms with E-state index in [1.54, 1.807) is 18.2 Å². The van der Waals surface area contributed by atoms with Crippen LogP contribution in [0.3, 0.4) is 0 Å². The molecule has 138 valence electrons. The Morgan fingerprint density at radius 1 is 0.893 bits per heavy atom. The zero-order valence-electron chi connectivity index (χ0n) is 14.2. The predicted molar refractivity (Wildman–Crippen MR) is 99.9 cm³/mol. The molecule has 0 aliphatic carbocycles. The predicted octanol–water partition coefficient (Wildman–Crippen LogP) is 3.30. The van der Waals surface area contributed by atoms with Gasteiger partial charge in [-0.2, -0.15) is 0 Å². The first-order valence-electron chi connectivity index (χ1n) is 8.22. The molecule has 1 aliphatic rings. The number of amides is 2. The maximum absolute atomic E-state index is 12.7. The Balaban J connectivity index is 1.66. The first-order valence-corrected chi connectivity index (χ1v) is 8.60. The van der Waals surface area contributed by atoms with E-state index in [9.17, 15) is 19.5 Å². The van der Waals surface area contributed by atoms with E-state index >= 15 is 0 Å². The van der Waals surface area contributed by atoms with Crippen LogP contribution in [0, 0.1) is 0 Å². The Hall–Kier alpha value is -3.64. The number of rotatable bonds is 4. The molecule has 0 saturated carbocycles. The van der Waals surface area contributed by atoms with Gasteiger partial charge in [-0.1, -0.05) is 35.9 Å². The lowest BCUT2D eigenvalue weighted by atomic mass is 10.1. The third kappa shape index (κ3) is 3.00. The van der Waals surface area contributed by atoms with Crippen molar-refractivity contribution in [3.8, 4) is 11.5 Å². The molecule has 3 aromatic carbocycles. The van der Waals surface area contributed by atoms with Gasteiger partial charge in [-0.25, -0.2) is 4.90 Å². The number of anilines is 1. The van der Waals surface area contributed by atoms with Crippen LogP contribution in [0.4, 0.5) is 5.69 Å². The van der Waals surface area contributed by atoms with Gasteiger partial charge in [0.15, 0.2) is 0 Å². The number of carboxylic acids is 1. The van der Waals surface area contributed by atoms with Crippen molar-refractivity contribution in [2.24, 2.45) is 0 Å². The molecule has 1 aliphatic heterocycles. The van der Waals surface area contributed by atoms with Crippen LogP contribution >= 0.6 is 11.6 Å². The first kappa shape index (κ1) is 17.8. The molecule has 1 heterocycles. The van der Waals surface area contributed by atoms with Crippen LogP contribution in [0.2, 0.25) is 5.02 Å². The highest BCUT2D eigenvalue weighted by molar-refractivity contribution is 6.36. The van der Waals surface area contributed by atoms with E-state index in [0.29, 0.717) is 11.5 Å². The average molecular weight is 393 g/mol. The van der Waals surface area contributed by atoms with Crippen molar-refractivity contribution in [3.05, 3.63) is 88.4 Å². The largest absolute Gasteiger partial charge is 0.545 e. The molecule has 0 saturated heterocycles. The number of imide groups is 1. The van der Waals surface area contributed by atoms with Gasteiger partial charge in [-0.3, -0.25) is 9.59 Å². The number of carbonyl (C=O) groups is 3. The van der Waals surface area contributed by atoms with E-state index < -0.39 is 17.8 Å². The number of carbonyl (C=O) groups excluding carboxylic acids is 3. The molecule has 3 aromatic rings. The molecule has 4 rings (SSSR count). The summed E-state index contributed by atoms with van der Waals surface area (Å²) in [5, 5.41) is 11.2. The molecule has 0 fully saturated rings. The second-order valence-corrected chi connectivity index (χ2v) is 6.43. The highest BCUT2D eigenvalue weighted by atomic mass is 35.5. The molecule has 0 unspecified atom stereocenters. The molecule has 0 atom stereocenters. The molecule has 28 heavy (non-hydrogen) atoms. The van der Waals surface area contributed by atoms with E-state index in [1.165, 1.54) is 24.3 Å². The maximum Gasteiger partial charge on any atom is 0.266 e. The highest BCUT2D eigenvalue weighted by Gasteiger charge is 2.37. The highest BCUT2D eigenvalue weighted by Crippen LogP contribution is 2.35. The van der Waals surface area contributed by atoms with Crippen molar-refractivity contribution in [2.45, 2.75) is 0 Å². The minimum atomic E-state index is -1.42. The standard InChI is InChI=1S/C21H12ClNO5/c22-17-11-13(7-9-18(17)28-14-4-2-1-3-5-14)23-19(24)15-8-6-12(21(26)27)10-16(15)20(23)25/h1-11H,(H,26,27)/p-1. The third-order valence-corrected chi connectivity index (χ3v) is 4.56. The summed E-state index contributed by atoms with van der Waals surface area (Å²) in [7, 11) is 0. The second-order valence-electron chi connectivity index (χ2n) is 6.02. The summed E-state index contributed by atoms with van der Waals surface area (Å²) < 4.78 is 5.69. The van der Waals surface area contributed by atoms with Crippen LogP contribution < -0.4 is 14.7 Å². The number of carboxylic acid groups (broad SMARTS) is 1. The van der Waals surface area contributed by atoms with Crippen LogP contribution in [0.1, 0.15) is 31.1 Å². The molecule has 0 aromatic heterocycles. The summed E-state index contributed by atoms with van der Waals surface area (Å²) in [4.78, 5) is 37.3. The zero-order chi connectivity index (χ0) is 19.8. The van der Waals surface area contributed by atoms with E-state index in [1.807, 2.05) is 18.2 Å². The van der Waals surface area contributed by atoms with E-state index in [-0.39, 0.29) is 27.4 Å². The Kier molecular flexibility index (Phi) is 4.33. The van der Waals surface area contributed by atoms with Crippen LogP contribution in [0.15, 0.2) is 66.7 Å². The van der Waals surface area contributed by atoms with Gasteiger partial charge in [0.1, 0.15) is 11.5 Å². The summed E-state index contributed by atoms with van der Waals surface area (Å²) >= 11 is 6.27. The average Bonchev–Trinajstić information content (AvgIpc) is 2.94. The molecule has 0 N–H and O–H groups in total. The number of ether oxygens (including phenoxy) is 1. The lowest BCUT2D eigenvalue weighted by Crippen LogP contribution is -2.29. The minimum absolute atomic E-state index is 0.00688. The Labute approximate surface area is 164 Å². The van der Waals surface area contributed by atoms with E-state index in [2.05, 4.69) is 0 Å². The lowest BCUT2D eigenvalue weighted by molar-refractivity contribution is -0.255. The topological polar surface area (TPSA) is 86.7 Å². The Bertz CT molecular complexity index is 1130. The molecule has 0 spiro atoms. The van der Waals surface area contributed by atoms with Crippen molar-refractivity contribution in [1.29, 1.82) is 0 Å².